The number of methoxy groups -OCH3 is 1. The average Bonchev–Trinajstić information content (AvgIpc) is 2.86. The smallest absolute Gasteiger partial charge is 0.248 e. The van der Waals surface area contributed by atoms with E-state index in [9.17, 15) is 0 Å². The van der Waals surface area contributed by atoms with E-state index in [0.29, 0.717) is 5.82 Å². The summed E-state index contributed by atoms with van der Waals surface area (Å²) in [6.45, 7) is 0. The monoisotopic (exact) mass is 316 g/mol. The van der Waals surface area contributed by atoms with Crippen LogP contribution in [0.1, 0.15) is 17.1 Å². The summed E-state index contributed by atoms with van der Waals surface area (Å²) in [7, 11) is 1.63. The number of hydrogen-bond donors (Lipinski definition) is 1. The molecule has 0 aliphatic rings. The van der Waals surface area contributed by atoms with Crippen LogP contribution in [0.4, 0.5) is 0 Å². The predicted octanol–water partition coefficient (Wildman–Crippen LogP) is 4.42. The van der Waals surface area contributed by atoms with Crippen LogP contribution in [0.15, 0.2) is 30.5 Å². The molecule has 0 saturated carbocycles. The lowest BCUT2D eigenvalue weighted by Gasteiger charge is -2.04. The number of imidazole rings is 1. The first-order chi connectivity index (χ1) is 8.99. The molecule has 19 heavy (non-hydrogen) atoms. The maximum Gasteiger partial charge on any atom is 0.248 e. The summed E-state index contributed by atoms with van der Waals surface area (Å²) in [5, 5.41) is 0. The molecule has 1 aromatic carbocycles. The van der Waals surface area contributed by atoms with Crippen molar-refractivity contribution in [2.24, 2.45) is 0 Å². The molecule has 100 valence electrons. The maximum atomic E-state index is 5.72. The molecule has 6 heteroatoms. The normalized spacial score (nSPS) is 12.0. The average molecular weight is 318 g/mol. The molecule has 1 aromatic heterocycles. The van der Waals surface area contributed by atoms with Crippen LogP contribution in [0, 0.1) is 0 Å². The number of aromatic nitrogens is 2. The molecule has 0 unspecified atom stereocenters. The number of H-pyrrole nitrogens is 1. The van der Waals surface area contributed by atoms with Crippen molar-refractivity contribution in [3.05, 3.63) is 47.5 Å². The van der Waals surface area contributed by atoms with Gasteiger partial charge in [-0.3, -0.25) is 0 Å². The number of halogens is 3. The van der Waals surface area contributed by atoms with Gasteiger partial charge < -0.3 is 9.72 Å². The van der Waals surface area contributed by atoms with Gasteiger partial charge in [0.15, 0.2) is 5.82 Å². The molecule has 0 bridgehead atoms. The highest BCUT2D eigenvalue weighted by atomic mass is 35.6. The zero-order chi connectivity index (χ0) is 13.9. The lowest BCUT2D eigenvalue weighted by Crippen LogP contribution is -2.02. The van der Waals surface area contributed by atoms with Gasteiger partial charge in [0.05, 0.1) is 19.0 Å². The molecule has 2 rings (SSSR count). The van der Waals surface area contributed by atoms with Crippen molar-refractivity contribution >= 4 is 47.0 Å². The number of ether oxygens (including phenoxy) is 1. The van der Waals surface area contributed by atoms with Gasteiger partial charge in [-0.05, 0) is 23.8 Å². The van der Waals surface area contributed by atoms with Gasteiger partial charge in [0.2, 0.25) is 3.79 Å². The first-order valence-electron chi connectivity index (χ1n) is 5.43. The standard InChI is InChI=1S/C13H11Cl3N2O/c1-19-11-6-3-9(4-7-11)2-5-10-8-17-12(18-10)13(14,15)16/h2-8H,1H3,(H,17,18). The molecular formula is C13H11Cl3N2O. The van der Waals surface area contributed by atoms with Crippen LogP contribution in [0.3, 0.4) is 0 Å². The highest BCUT2D eigenvalue weighted by Gasteiger charge is 2.26. The first kappa shape index (κ1) is 14.3. The van der Waals surface area contributed by atoms with Gasteiger partial charge in [-0.25, -0.2) is 4.98 Å². The fraction of sp³-hybridized carbons (Fsp3) is 0.154. The first-order valence-corrected chi connectivity index (χ1v) is 6.57. The topological polar surface area (TPSA) is 37.9 Å². The number of alkyl halides is 3. The molecule has 0 spiro atoms. The van der Waals surface area contributed by atoms with Crippen LogP contribution in [0.25, 0.3) is 12.2 Å². The Balaban J connectivity index is 2.11. The summed E-state index contributed by atoms with van der Waals surface area (Å²) in [5.41, 5.74) is 1.79. The number of aromatic amines is 1. The second kappa shape index (κ2) is 5.87. The molecule has 3 nitrogen and oxygen atoms in total. The van der Waals surface area contributed by atoms with E-state index < -0.39 is 3.79 Å². The van der Waals surface area contributed by atoms with Crippen LogP contribution < -0.4 is 4.74 Å². The second-order valence-electron chi connectivity index (χ2n) is 3.79. The van der Waals surface area contributed by atoms with E-state index in [1.807, 2.05) is 36.4 Å². The summed E-state index contributed by atoms with van der Waals surface area (Å²) in [4.78, 5) is 6.93. The lowest BCUT2D eigenvalue weighted by atomic mass is 10.2. The zero-order valence-corrected chi connectivity index (χ0v) is 12.3. The molecule has 0 radical (unpaired) electrons. The van der Waals surface area contributed by atoms with Gasteiger partial charge >= 0.3 is 0 Å². The van der Waals surface area contributed by atoms with Crippen LogP contribution >= 0.6 is 34.8 Å². The lowest BCUT2D eigenvalue weighted by molar-refractivity contribution is 0.415. The molecule has 2 aromatic rings. The van der Waals surface area contributed by atoms with E-state index in [1.54, 1.807) is 13.3 Å². The summed E-state index contributed by atoms with van der Waals surface area (Å²) < 4.78 is 3.55. The van der Waals surface area contributed by atoms with E-state index in [1.165, 1.54) is 0 Å². The Morgan fingerprint density at radius 1 is 1.16 bits per heavy atom. The zero-order valence-electron chi connectivity index (χ0n) is 10.0. The molecule has 1 heterocycles. The van der Waals surface area contributed by atoms with E-state index in [2.05, 4.69) is 9.97 Å². The summed E-state index contributed by atoms with van der Waals surface area (Å²) in [6, 6.07) is 7.67. The van der Waals surface area contributed by atoms with Crippen LogP contribution in [0.2, 0.25) is 0 Å². The Labute approximate surface area is 126 Å². The van der Waals surface area contributed by atoms with Gasteiger partial charge in [-0.15, -0.1) is 0 Å². The van der Waals surface area contributed by atoms with Crippen LogP contribution in [-0.4, -0.2) is 17.1 Å². The largest absolute Gasteiger partial charge is 0.497 e. The minimum atomic E-state index is -1.54. The van der Waals surface area contributed by atoms with E-state index in [-0.39, 0.29) is 0 Å². The molecular weight excluding hydrogens is 307 g/mol. The third-order valence-corrected chi connectivity index (χ3v) is 2.97. The Kier molecular flexibility index (Phi) is 4.40. The highest BCUT2D eigenvalue weighted by Crippen LogP contribution is 2.36. The Morgan fingerprint density at radius 3 is 2.37 bits per heavy atom. The molecule has 0 atom stereocenters. The van der Waals surface area contributed by atoms with Crippen molar-refractivity contribution < 1.29 is 4.74 Å². The van der Waals surface area contributed by atoms with Crippen LogP contribution in [0.5, 0.6) is 5.75 Å². The molecule has 0 amide bonds. The van der Waals surface area contributed by atoms with Gasteiger partial charge in [0.1, 0.15) is 5.75 Å². The predicted molar refractivity (Wildman–Crippen MR) is 79.7 cm³/mol. The van der Waals surface area contributed by atoms with Crippen molar-refractivity contribution in [1.29, 1.82) is 0 Å². The van der Waals surface area contributed by atoms with Gasteiger partial charge in [-0.1, -0.05) is 53.0 Å². The van der Waals surface area contributed by atoms with Gasteiger partial charge in [0, 0.05) is 0 Å². The van der Waals surface area contributed by atoms with E-state index >= 15 is 0 Å². The number of rotatable bonds is 3. The Morgan fingerprint density at radius 2 is 1.84 bits per heavy atom. The van der Waals surface area contributed by atoms with Gasteiger partial charge in [-0.2, -0.15) is 0 Å². The van der Waals surface area contributed by atoms with E-state index in [0.717, 1.165) is 17.0 Å². The second-order valence-corrected chi connectivity index (χ2v) is 6.07. The fourth-order valence-electron chi connectivity index (χ4n) is 1.47. The third kappa shape index (κ3) is 3.90. The number of nitrogens with one attached hydrogen (secondary N) is 1. The maximum absolute atomic E-state index is 5.72. The number of nitrogens with zero attached hydrogens (tertiary/aromatic N) is 1. The van der Waals surface area contributed by atoms with Crippen molar-refractivity contribution in [3.8, 4) is 5.75 Å². The van der Waals surface area contributed by atoms with Crippen molar-refractivity contribution in [3.63, 3.8) is 0 Å². The molecule has 0 aliphatic heterocycles. The molecule has 0 aliphatic carbocycles. The molecule has 0 saturated heterocycles. The Hall–Kier alpha value is -1.16. The minimum absolute atomic E-state index is 0.298. The number of hydrogen-bond acceptors (Lipinski definition) is 2. The highest BCUT2D eigenvalue weighted by molar-refractivity contribution is 6.66. The minimum Gasteiger partial charge on any atom is -0.497 e. The van der Waals surface area contributed by atoms with Crippen molar-refractivity contribution in [1.82, 2.24) is 9.97 Å². The third-order valence-electron chi connectivity index (χ3n) is 2.44. The fourth-order valence-corrected chi connectivity index (χ4v) is 1.75. The van der Waals surface area contributed by atoms with Gasteiger partial charge in [0.25, 0.3) is 0 Å². The quantitative estimate of drug-likeness (QED) is 0.851. The van der Waals surface area contributed by atoms with E-state index in [4.69, 9.17) is 39.5 Å². The summed E-state index contributed by atoms with van der Waals surface area (Å²) in [6.07, 6.45) is 5.39. The SMILES string of the molecule is COc1ccc(C=Cc2cnc(C(Cl)(Cl)Cl)[nH]2)cc1. The van der Waals surface area contributed by atoms with Crippen molar-refractivity contribution in [2.75, 3.05) is 7.11 Å². The Bertz CT molecular complexity index is 570. The molecule has 0 fully saturated rings. The van der Waals surface area contributed by atoms with Crippen molar-refractivity contribution in [2.45, 2.75) is 3.79 Å². The summed E-state index contributed by atoms with van der Waals surface area (Å²) in [5.74, 6) is 1.11. The van der Waals surface area contributed by atoms with Crippen LogP contribution in [-0.2, 0) is 3.79 Å². The number of benzene rings is 1. The molecule has 1 N–H and O–H groups in total. The summed E-state index contributed by atoms with van der Waals surface area (Å²) >= 11 is 17.2.